The molecule has 4 rings (SSSR count). The molecule has 1 unspecified atom stereocenters. The van der Waals surface area contributed by atoms with Gasteiger partial charge in [0.15, 0.2) is 0 Å². The fourth-order valence-corrected chi connectivity index (χ4v) is 3.72. The summed E-state index contributed by atoms with van der Waals surface area (Å²) >= 11 is 9.39. The lowest BCUT2D eigenvalue weighted by Gasteiger charge is -2.27. The van der Waals surface area contributed by atoms with Gasteiger partial charge in [-0.25, -0.2) is 4.99 Å². The fourth-order valence-electron chi connectivity index (χ4n) is 3.20. The minimum atomic E-state index is -0.469. The summed E-state index contributed by atoms with van der Waals surface area (Å²) in [6, 6.07) is 16.0. The van der Waals surface area contributed by atoms with Crippen molar-refractivity contribution < 1.29 is 9.59 Å². The Balaban J connectivity index is 1.80. The van der Waals surface area contributed by atoms with Crippen molar-refractivity contribution in [3.8, 4) is 0 Å². The first kappa shape index (κ1) is 18.6. The number of dihydropyridines is 1. The largest absolute Gasteiger partial charge is 0.317 e. The van der Waals surface area contributed by atoms with Gasteiger partial charge in [0.05, 0.1) is 5.71 Å². The summed E-state index contributed by atoms with van der Waals surface area (Å²) in [5.74, 6) is -1.09. The highest BCUT2D eigenvalue weighted by molar-refractivity contribution is 9.11. The number of amides is 2. The second-order valence-electron chi connectivity index (χ2n) is 6.32. The van der Waals surface area contributed by atoms with Crippen LogP contribution in [-0.4, -0.2) is 17.5 Å². The van der Waals surface area contributed by atoms with E-state index in [2.05, 4.69) is 26.2 Å². The standard InChI is InChI=1S/C22H14BrClN2O2/c23-15-8-11-18-17(12-15)19(13-4-2-1-3-5-13)20(22(28)25-18)26-21(27)14-6-9-16(24)10-7-14/h1-12,17H,(H,26,27). The van der Waals surface area contributed by atoms with E-state index in [4.69, 9.17) is 11.6 Å². The van der Waals surface area contributed by atoms with Crippen LogP contribution in [0.2, 0.25) is 5.02 Å². The third-order valence-electron chi connectivity index (χ3n) is 4.51. The molecule has 0 aromatic heterocycles. The number of carbonyl (C=O) groups excluding carboxylic acids is 2. The maximum absolute atomic E-state index is 12.8. The van der Waals surface area contributed by atoms with Gasteiger partial charge in [0.25, 0.3) is 11.8 Å². The quantitative estimate of drug-likeness (QED) is 0.716. The van der Waals surface area contributed by atoms with Crippen molar-refractivity contribution in [1.82, 2.24) is 5.32 Å². The van der Waals surface area contributed by atoms with Gasteiger partial charge >= 0.3 is 0 Å². The zero-order valence-electron chi connectivity index (χ0n) is 14.5. The van der Waals surface area contributed by atoms with Crippen LogP contribution >= 0.6 is 27.5 Å². The maximum Gasteiger partial charge on any atom is 0.294 e. The van der Waals surface area contributed by atoms with E-state index < -0.39 is 5.91 Å². The zero-order chi connectivity index (χ0) is 19.7. The highest BCUT2D eigenvalue weighted by Gasteiger charge is 2.32. The molecular formula is C22H14BrClN2O2. The molecule has 1 N–H and O–H groups in total. The first-order valence-corrected chi connectivity index (χ1v) is 9.75. The van der Waals surface area contributed by atoms with Crippen LogP contribution in [0.5, 0.6) is 0 Å². The fraction of sp³-hybridized carbons (Fsp3) is 0.0455. The van der Waals surface area contributed by atoms with Crippen LogP contribution in [0.15, 0.2) is 88.0 Å². The van der Waals surface area contributed by atoms with Gasteiger partial charge in [-0.05, 0) is 42.0 Å². The zero-order valence-corrected chi connectivity index (χ0v) is 16.9. The lowest BCUT2D eigenvalue weighted by molar-refractivity contribution is -0.114. The molecule has 2 aromatic carbocycles. The van der Waals surface area contributed by atoms with E-state index in [1.54, 1.807) is 24.3 Å². The van der Waals surface area contributed by atoms with Gasteiger partial charge in [0, 0.05) is 26.6 Å². The molecule has 0 fully saturated rings. The summed E-state index contributed by atoms with van der Waals surface area (Å²) in [5.41, 5.74) is 2.82. The molecule has 1 heterocycles. The van der Waals surface area contributed by atoms with Crippen molar-refractivity contribution in [3.63, 3.8) is 0 Å². The minimum absolute atomic E-state index is 0.187. The topological polar surface area (TPSA) is 58.5 Å². The number of carbonyl (C=O) groups is 2. The van der Waals surface area contributed by atoms with Crippen LogP contribution in [0.25, 0.3) is 5.57 Å². The Bertz CT molecular complexity index is 1080. The Morgan fingerprint density at radius 3 is 2.46 bits per heavy atom. The van der Waals surface area contributed by atoms with Crippen molar-refractivity contribution in [2.75, 3.05) is 0 Å². The first-order valence-electron chi connectivity index (χ1n) is 8.58. The summed E-state index contributed by atoms with van der Waals surface area (Å²) in [7, 11) is 0. The molecule has 2 aromatic rings. The normalized spacial score (nSPS) is 18.4. The number of rotatable bonds is 3. The highest BCUT2D eigenvalue weighted by atomic mass is 79.9. The molecule has 0 saturated heterocycles. The number of hydrogen-bond donors (Lipinski definition) is 1. The lowest BCUT2D eigenvalue weighted by atomic mass is 9.82. The van der Waals surface area contributed by atoms with Crippen molar-refractivity contribution in [2.45, 2.75) is 0 Å². The molecule has 1 aliphatic heterocycles. The van der Waals surface area contributed by atoms with Gasteiger partial charge in [0.1, 0.15) is 5.70 Å². The molecular weight excluding hydrogens is 440 g/mol. The van der Waals surface area contributed by atoms with Gasteiger partial charge in [0.2, 0.25) is 0 Å². The van der Waals surface area contributed by atoms with Crippen molar-refractivity contribution in [2.24, 2.45) is 10.9 Å². The molecule has 6 heteroatoms. The lowest BCUT2D eigenvalue weighted by Crippen LogP contribution is -2.34. The molecule has 2 aliphatic rings. The van der Waals surface area contributed by atoms with E-state index in [9.17, 15) is 9.59 Å². The second-order valence-corrected chi connectivity index (χ2v) is 7.67. The number of hydrogen-bond acceptors (Lipinski definition) is 2. The van der Waals surface area contributed by atoms with Crippen LogP contribution in [0.4, 0.5) is 0 Å². The highest BCUT2D eigenvalue weighted by Crippen LogP contribution is 2.36. The molecule has 2 amide bonds. The predicted octanol–water partition coefficient (Wildman–Crippen LogP) is 4.93. The first-order chi connectivity index (χ1) is 13.5. The van der Waals surface area contributed by atoms with E-state index in [1.165, 1.54) is 0 Å². The Hall–Kier alpha value is -2.76. The van der Waals surface area contributed by atoms with E-state index in [1.807, 2.05) is 48.6 Å². The Morgan fingerprint density at radius 1 is 1.04 bits per heavy atom. The molecule has 0 bridgehead atoms. The van der Waals surface area contributed by atoms with E-state index in [0.717, 1.165) is 15.6 Å². The summed E-state index contributed by atoms with van der Waals surface area (Å²) in [5, 5.41) is 3.31. The Kier molecular flexibility index (Phi) is 5.11. The third-order valence-corrected chi connectivity index (χ3v) is 5.29. The van der Waals surface area contributed by atoms with E-state index in [-0.39, 0.29) is 17.5 Å². The van der Waals surface area contributed by atoms with Gasteiger partial charge in [-0.2, -0.15) is 0 Å². The Labute approximate surface area is 175 Å². The minimum Gasteiger partial charge on any atom is -0.317 e. The number of allylic oxidation sites excluding steroid dienone is 5. The molecule has 138 valence electrons. The average Bonchev–Trinajstić information content (AvgIpc) is 2.70. The van der Waals surface area contributed by atoms with Crippen LogP contribution in [0.1, 0.15) is 15.9 Å². The van der Waals surface area contributed by atoms with Crippen LogP contribution in [0, 0.1) is 5.92 Å². The average molecular weight is 454 g/mol. The number of benzene rings is 2. The monoisotopic (exact) mass is 452 g/mol. The van der Waals surface area contributed by atoms with Crippen molar-refractivity contribution in [1.29, 1.82) is 0 Å². The molecule has 0 saturated carbocycles. The van der Waals surface area contributed by atoms with Gasteiger partial charge in [-0.15, -0.1) is 0 Å². The second kappa shape index (κ2) is 7.70. The number of aliphatic imine (C=N–C) groups is 1. The number of fused-ring (bicyclic) bond motifs is 1. The van der Waals surface area contributed by atoms with Crippen LogP contribution < -0.4 is 5.32 Å². The molecule has 1 aliphatic carbocycles. The molecule has 4 nitrogen and oxygen atoms in total. The summed E-state index contributed by atoms with van der Waals surface area (Å²) in [6.45, 7) is 0. The summed E-state index contributed by atoms with van der Waals surface area (Å²) in [4.78, 5) is 29.7. The molecule has 1 atom stereocenters. The van der Waals surface area contributed by atoms with Crippen molar-refractivity contribution in [3.05, 3.63) is 99.2 Å². The van der Waals surface area contributed by atoms with Gasteiger partial charge in [-0.3, -0.25) is 9.59 Å². The van der Waals surface area contributed by atoms with Crippen LogP contribution in [0.3, 0.4) is 0 Å². The third kappa shape index (κ3) is 3.63. The molecule has 28 heavy (non-hydrogen) atoms. The number of nitrogens with one attached hydrogen (secondary N) is 1. The number of nitrogens with zero attached hydrogens (tertiary/aromatic N) is 1. The van der Waals surface area contributed by atoms with Gasteiger partial charge < -0.3 is 5.32 Å². The van der Waals surface area contributed by atoms with E-state index in [0.29, 0.717) is 16.3 Å². The smallest absolute Gasteiger partial charge is 0.294 e. The predicted molar refractivity (Wildman–Crippen MR) is 114 cm³/mol. The summed E-state index contributed by atoms with van der Waals surface area (Å²) < 4.78 is 0.891. The van der Waals surface area contributed by atoms with Crippen molar-refractivity contribution >= 4 is 50.6 Å². The SMILES string of the molecule is O=C1N=C2C=CC(Br)=CC2C(c2ccccc2)=C1NC(=O)c1ccc(Cl)cc1. The molecule has 0 radical (unpaired) electrons. The van der Waals surface area contributed by atoms with Gasteiger partial charge in [-0.1, -0.05) is 63.9 Å². The number of halogens is 2. The summed E-state index contributed by atoms with van der Waals surface area (Å²) in [6.07, 6.45) is 5.64. The Morgan fingerprint density at radius 2 is 1.75 bits per heavy atom. The van der Waals surface area contributed by atoms with E-state index >= 15 is 0 Å². The maximum atomic E-state index is 12.8. The molecule has 0 spiro atoms. The van der Waals surface area contributed by atoms with Crippen LogP contribution in [-0.2, 0) is 4.79 Å².